The molecule has 64 valence electrons. The molecule has 1 nitrogen and oxygen atoms in total. The SMILES string of the molecule is C=CCN1CCC(CCCl)C1. The monoisotopic (exact) mass is 173 g/mol. The van der Waals surface area contributed by atoms with E-state index in [1.807, 2.05) is 6.08 Å². The molecule has 1 aliphatic heterocycles. The van der Waals surface area contributed by atoms with Gasteiger partial charge in [-0.1, -0.05) is 6.08 Å². The van der Waals surface area contributed by atoms with Crippen molar-refractivity contribution in [3.05, 3.63) is 12.7 Å². The molecule has 0 amide bonds. The topological polar surface area (TPSA) is 3.24 Å². The zero-order valence-corrected chi connectivity index (χ0v) is 7.69. The maximum atomic E-state index is 5.67. The maximum Gasteiger partial charge on any atom is 0.0226 e. The second-order valence-electron chi connectivity index (χ2n) is 3.18. The van der Waals surface area contributed by atoms with Crippen molar-refractivity contribution in [2.75, 3.05) is 25.5 Å². The predicted molar refractivity (Wildman–Crippen MR) is 50.1 cm³/mol. The van der Waals surface area contributed by atoms with Gasteiger partial charge in [0.25, 0.3) is 0 Å². The van der Waals surface area contributed by atoms with Crippen molar-refractivity contribution in [2.45, 2.75) is 12.8 Å². The molecular formula is C9H16ClN. The molecule has 0 aromatic carbocycles. The van der Waals surface area contributed by atoms with Gasteiger partial charge >= 0.3 is 0 Å². The third-order valence-electron chi connectivity index (χ3n) is 2.27. The van der Waals surface area contributed by atoms with E-state index in [1.165, 1.54) is 25.9 Å². The standard InChI is InChI=1S/C9H16ClN/c1-2-6-11-7-4-9(8-11)3-5-10/h2,9H,1,3-8H2. The largest absolute Gasteiger partial charge is 0.299 e. The predicted octanol–water partition coefficient (Wildman–Crippen LogP) is 2.12. The van der Waals surface area contributed by atoms with Gasteiger partial charge in [0.15, 0.2) is 0 Å². The highest BCUT2D eigenvalue weighted by Crippen LogP contribution is 2.19. The van der Waals surface area contributed by atoms with Crippen molar-refractivity contribution in [2.24, 2.45) is 5.92 Å². The molecule has 1 aliphatic rings. The molecule has 0 radical (unpaired) electrons. The van der Waals surface area contributed by atoms with Crippen LogP contribution < -0.4 is 0 Å². The number of halogens is 1. The summed E-state index contributed by atoms with van der Waals surface area (Å²) in [7, 11) is 0. The van der Waals surface area contributed by atoms with Crippen LogP contribution in [0.3, 0.4) is 0 Å². The average Bonchev–Trinajstić information content (AvgIpc) is 2.38. The third kappa shape index (κ3) is 2.84. The normalized spacial score (nSPS) is 25.7. The van der Waals surface area contributed by atoms with Gasteiger partial charge in [-0.25, -0.2) is 0 Å². The summed E-state index contributed by atoms with van der Waals surface area (Å²) in [6, 6.07) is 0. The van der Waals surface area contributed by atoms with Crippen LogP contribution in [-0.2, 0) is 0 Å². The van der Waals surface area contributed by atoms with Gasteiger partial charge in [0.05, 0.1) is 0 Å². The minimum Gasteiger partial charge on any atom is -0.299 e. The van der Waals surface area contributed by atoms with Crippen LogP contribution in [0, 0.1) is 5.92 Å². The van der Waals surface area contributed by atoms with Crippen LogP contribution in [0.5, 0.6) is 0 Å². The van der Waals surface area contributed by atoms with E-state index in [0.717, 1.165) is 18.3 Å². The van der Waals surface area contributed by atoms with Gasteiger partial charge in [0.2, 0.25) is 0 Å². The molecule has 11 heavy (non-hydrogen) atoms. The van der Waals surface area contributed by atoms with Gasteiger partial charge < -0.3 is 0 Å². The zero-order chi connectivity index (χ0) is 8.10. The van der Waals surface area contributed by atoms with Gasteiger partial charge in [-0.15, -0.1) is 18.2 Å². The molecule has 0 saturated carbocycles. The molecule has 0 spiro atoms. The summed E-state index contributed by atoms with van der Waals surface area (Å²) < 4.78 is 0. The Balaban J connectivity index is 2.17. The second-order valence-corrected chi connectivity index (χ2v) is 3.56. The Morgan fingerprint density at radius 3 is 3.09 bits per heavy atom. The van der Waals surface area contributed by atoms with Crippen molar-refractivity contribution in [1.82, 2.24) is 4.90 Å². The van der Waals surface area contributed by atoms with E-state index in [1.54, 1.807) is 0 Å². The fraction of sp³-hybridized carbons (Fsp3) is 0.778. The number of likely N-dealkylation sites (tertiary alicyclic amines) is 1. The van der Waals surface area contributed by atoms with E-state index in [4.69, 9.17) is 11.6 Å². The highest BCUT2D eigenvalue weighted by atomic mass is 35.5. The lowest BCUT2D eigenvalue weighted by molar-refractivity contribution is 0.357. The van der Waals surface area contributed by atoms with E-state index in [0.29, 0.717) is 0 Å². The number of hydrogen-bond acceptors (Lipinski definition) is 1. The fourth-order valence-corrected chi connectivity index (χ4v) is 1.96. The van der Waals surface area contributed by atoms with Crippen LogP contribution in [0.25, 0.3) is 0 Å². The molecule has 1 unspecified atom stereocenters. The van der Waals surface area contributed by atoms with Crippen molar-refractivity contribution in [3.63, 3.8) is 0 Å². The van der Waals surface area contributed by atoms with E-state index in [9.17, 15) is 0 Å². The summed E-state index contributed by atoms with van der Waals surface area (Å²) >= 11 is 5.67. The number of nitrogens with zero attached hydrogens (tertiary/aromatic N) is 1. The molecule has 0 aliphatic carbocycles. The Labute approximate surface area is 74.0 Å². The first-order valence-electron chi connectivity index (χ1n) is 4.26. The molecule has 0 bridgehead atoms. The summed E-state index contributed by atoms with van der Waals surface area (Å²) in [6.45, 7) is 7.22. The molecule has 0 aromatic heterocycles. The first kappa shape index (κ1) is 9.08. The van der Waals surface area contributed by atoms with E-state index < -0.39 is 0 Å². The van der Waals surface area contributed by atoms with E-state index in [2.05, 4.69) is 11.5 Å². The molecule has 1 rings (SSSR count). The van der Waals surface area contributed by atoms with Crippen LogP contribution in [0.4, 0.5) is 0 Å². The smallest absolute Gasteiger partial charge is 0.0226 e. The minimum atomic E-state index is 0.812. The van der Waals surface area contributed by atoms with Crippen LogP contribution in [-0.4, -0.2) is 30.4 Å². The van der Waals surface area contributed by atoms with Gasteiger partial charge in [0.1, 0.15) is 0 Å². The maximum absolute atomic E-state index is 5.67. The summed E-state index contributed by atoms with van der Waals surface area (Å²) in [5, 5.41) is 0. The van der Waals surface area contributed by atoms with E-state index in [-0.39, 0.29) is 0 Å². The van der Waals surface area contributed by atoms with Gasteiger partial charge in [-0.05, 0) is 25.3 Å². The molecule has 1 saturated heterocycles. The Morgan fingerprint density at radius 1 is 1.64 bits per heavy atom. The second kappa shape index (κ2) is 4.78. The zero-order valence-electron chi connectivity index (χ0n) is 6.93. The molecule has 0 N–H and O–H groups in total. The van der Waals surface area contributed by atoms with Crippen LogP contribution >= 0.6 is 11.6 Å². The van der Waals surface area contributed by atoms with Crippen molar-refractivity contribution in [1.29, 1.82) is 0 Å². The molecule has 1 heterocycles. The number of rotatable bonds is 4. The van der Waals surface area contributed by atoms with Gasteiger partial charge in [0, 0.05) is 19.0 Å². The molecular weight excluding hydrogens is 158 g/mol. The van der Waals surface area contributed by atoms with Crippen LogP contribution in [0.2, 0.25) is 0 Å². The highest BCUT2D eigenvalue weighted by molar-refractivity contribution is 6.17. The lowest BCUT2D eigenvalue weighted by Gasteiger charge is -2.12. The average molecular weight is 174 g/mol. The van der Waals surface area contributed by atoms with Crippen LogP contribution in [0.1, 0.15) is 12.8 Å². The Kier molecular flexibility index (Phi) is 3.95. The molecule has 1 atom stereocenters. The summed E-state index contributed by atoms with van der Waals surface area (Å²) in [5.74, 6) is 1.65. The third-order valence-corrected chi connectivity index (χ3v) is 2.49. The molecule has 2 heteroatoms. The highest BCUT2D eigenvalue weighted by Gasteiger charge is 2.20. The first-order valence-corrected chi connectivity index (χ1v) is 4.79. The van der Waals surface area contributed by atoms with Crippen molar-refractivity contribution < 1.29 is 0 Å². The van der Waals surface area contributed by atoms with Gasteiger partial charge in [-0.3, -0.25) is 4.90 Å². The lowest BCUT2D eigenvalue weighted by Crippen LogP contribution is -2.20. The Morgan fingerprint density at radius 2 is 2.45 bits per heavy atom. The lowest BCUT2D eigenvalue weighted by atomic mass is 10.1. The Hall–Kier alpha value is -0.0100. The quantitative estimate of drug-likeness (QED) is 0.465. The van der Waals surface area contributed by atoms with Crippen molar-refractivity contribution >= 4 is 11.6 Å². The first-order chi connectivity index (χ1) is 5.36. The van der Waals surface area contributed by atoms with Gasteiger partial charge in [-0.2, -0.15) is 0 Å². The molecule has 0 aromatic rings. The summed E-state index contributed by atoms with van der Waals surface area (Å²) in [4.78, 5) is 2.43. The Bertz CT molecular complexity index is 125. The number of hydrogen-bond donors (Lipinski definition) is 0. The fourth-order valence-electron chi connectivity index (χ4n) is 1.65. The summed E-state index contributed by atoms with van der Waals surface area (Å²) in [5.41, 5.74) is 0. The van der Waals surface area contributed by atoms with E-state index >= 15 is 0 Å². The number of alkyl halides is 1. The van der Waals surface area contributed by atoms with Crippen molar-refractivity contribution in [3.8, 4) is 0 Å². The summed E-state index contributed by atoms with van der Waals surface area (Å²) in [6.07, 6.45) is 4.47. The van der Waals surface area contributed by atoms with Crippen LogP contribution in [0.15, 0.2) is 12.7 Å². The molecule has 1 fully saturated rings. The minimum absolute atomic E-state index is 0.812.